The Morgan fingerprint density at radius 1 is 0.609 bits per heavy atom. The van der Waals surface area contributed by atoms with Gasteiger partial charge in [0.25, 0.3) is 0 Å². The fourth-order valence-corrected chi connectivity index (χ4v) is 7.60. The van der Waals surface area contributed by atoms with Crippen molar-refractivity contribution in [3.8, 4) is 11.5 Å². The van der Waals surface area contributed by atoms with Crippen molar-refractivity contribution in [2.75, 3.05) is 13.1 Å². The molecule has 0 fully saturated rings. The van der Waals surface area contributed by atoms with E-state index in [4.69, 9.17) is 15.3 Å². The minimum atomic E-state index is -4.44. The van der Waals surface area contributed by atoms with Crippen LogP contribution >= 0.6 is 0 Å². The molecular formula is C48H62F6N2O8. The Hall–Kier alpha value is -5.16. The van der Waals surface area contributed by atoms with Gasteiger partial charge in [0.15, 0.2) is 6.10 Å². The number of phenols is 2. The lowest BCUT2D eigenvalue weighted by molar-refractivity contribution is -0.942. The molecule has 0 spiro atoms. The summed E-state index contributed by atoms with van der Waals surface area (Å²) >= 11 is 0. The number of nitrogens with one attached hydrogen (secondary N) is 1. The standard InChI is InChI=1S/2C22H28F3NO.C4H6O6/c2*1-15(2)26(16(3)4)13-12-19(17-8-6-5-7-9-17)20-14-18(22(23,24)25)10-11-21(20)27;5-1(3(7)8)2(6)4(9)10/h2*5-11,14-16,19,27H,12-13H2,1-4H3;1-2,5-6H,(H,7,8)(H,9,10)/t;;1-,2-/m..1/s1. The Kier molecular flexibility index (Phi) is 21.3. The summed E-state index contributed by atoms with van der Waals surface area (Å²) in [6.45, 7) is 18.6. The fourth-order valence-electron chi connectivity index (χ4n) is 7.60. The zero-order valence-corrected chi connectivity index (χ0v) is 37.4. The van der Waals surface area contributed by atoms with Gasteiger partial charge in [-0.1, -0.05) is 60.7 Å². The Morgan fingerprint density at radius 2 is 0.984 bits per heavy atom. The van der Waals surface area contributed by atoms with Gasteiger partial charge in [-0.2, -0.15) is 26.3 Å². The first kappa shape index (κ1) is 55.0. The number of rotatable bonds is 17. The van der Waals surface area contributed by atoms with Gasteiger partial charge in [0.2, 0.25) is 0 Å². The van der Waals surface area contributed by atoms with E-state index < -0.39 is 47.6 Å². The number of carbonyl (C=O) groups is 2. The number of phenolic OH excluding ortho intramolecular Hbond substituents is 2. The van der Waals surface area contributed by atoms with E-state index in [1.54, 1.807) is 0 Å². The van der Waals surface area contributed by atoms with Crippen LogP contribution in [0.3, 0.4) is 0 Å². The van der Waals surface area contributed by atoms with Crippen LogP contribution in [-0.4, -0.2) is 91.8 Å². The minimum absolute atomic E-state index is 0.0903. The maximum atomic E-state index is 13.2. The van der Waals surface area contributed by atoms with Crippen LogP contribution in [0.5, 0.6) is 11.5 Å². The third kappa shape index (κ3) is 16.8. The second-order valence-corrected chi connectivity index (χ2v) is 16.7. The highest BCUT2D eigenvalue weighted by Crippen LogP contribution is 2.40. The number of hydrogen-bond donors (Lipinski definition) is 6. The van der Waals surface area contributed by atoms with E-state index in [1.165, 1.54) is 4.90 Å². The maximum Gasteiger partial charge on any atom is 0.416 e. The number of carboxylic acid groups (broad SMARTS) is 2. The Bertz CT molecular complexity index is 1870. The molecule has 0 aliphatic carbocycles. The molecule has 4 aromatic rings. The van der Waals surface area contributed by atoms with Gasteiger partial charge >= 0.3 is 18.3 Å². The number of nitrogens with zero attached hydrogens (tertiary/aromatic N) is 1. The smallest absolute Gasteiger partial charge is 0.416 e. The van der Waals surface area contributed by atoms with Crippen LogP contribution in [0.15, 0.2) is 97.1 Å². The van der Waals surface area contributed by atoms with Crippen LogP contribution < -0.4 is 10.0 Å². The average Bonchev–Trinajstić information content (AvgIpc) is 3.21. The molecule has 16 heteroatoms. The molecule has 4 atom stereocenters. The lowest BCUT2D eigenvalue weighted by Gasteiger charge is -2.32. The molecule has 0 aliphatic rings. The van der Waals surface area contributed by atoms with E-state index in [0.717, 1.165) is 60.6 Å². The van der Waals surface area contributed by atoms with Crippen LogP contribution in [-0.2, 0) is 21.9 Å². The van der Waals surface area contributed by atoms with Crippen molar-refractivity contribution in [3.05, 3.63) is 130 Å². The minimum Gasteiger partial charge on any atom is -0.547 e. The largest absolute Gasteiger partial charge is 0.547 e. The zero-order valence-electron chi connectivity index (χ0n) is 37.4. The number of aromatic hydroxyl groups is 2. The van der Waals surface area contributed by atoms with Crippen LogP contribution in [0.4, 0.5) is 26.3 Å². The van der Waals surface area contributed by atoms with E-state index >= 15 is 0 Å². The van der Waals surface area contributed by atoms with E-state index in [9.17, 15) is 51.3 Å². The molecule has 354 valence electrons. The first-order valence-corrected chi connectivity index (χ1v) is 21.0. The molecule has 0 aliphatic heterocycles. The molecule has 4 aromatic carbocycles. The summed E-state index contributed by atoms with van der Waals surface area (Å²) in [6, 6.07) is 26.7. The third-order valence-electron chi connectivity index (χ3n) is 10.9. The monoisotopic (exact) mass is 908 g/mol. The number of hydrogen-bond acceptors (Lipinski definition) is 8. The molecule has 64 heavy (non-hydrogen) atoms. The molecule has 0 radical (unpaired) electrons. The van der Waals surface area contributed by atoms with E-state index in [0.29, 0.717) is 48.1 Å². The van der Waals surface area contributed by atoms with Gasteiger partial charge in [-0.15, -0.1) is 0 Å². The first-order valence-electron chi connectivity index (χ1n) is 21.0. The van der Waals surface area contributed by atoms with Gasteiger partial charge in [0, 0.05) is 41.5 Å². The summed E-state index contributed by atoms with van der Waals surface area (Å²) in [5.74, 6) is -4.62. The summed E-state index contributed by atoms with van der Waals surface area (Å²) in [5.41, 5.74) is 1.01. The highest BCUT2D eigenvalue weighted by molar-refractivity contribution is 5.82. The number of aliphatic hydroxyl groups is 2. The second kappa shape index (κ2) is 24.8. The molecule has 6 N–H and O–H groups in total. The SMILES string of the molecule is CC(C)N(CCC(c1ccccc1)c1cc(C(F)(F)F)ccc1O)C(C)C.CC(C)[NH+](CCC(c1ccccc1)c1cc(C(F)(F)F)ccc1O)C(C)C.O=C([O-])[C@H](O)[C@@H](O)C(=O)O. The van der Waals surface area contributed by atoms with Crippen molar-refractivity contribution < 1.29 is 71.5 Å². The Balaban J connectivity index is 0.000000364. The number of alkyl halides is 6. The van der Waals surface area contributed by atoms with Crippen LogP contribution in [0.25, 0.3) is 0 Å². The predicted molar refractivity (Wildman–Crippen MR) is 230 cm³/mol. The van der Waals surface area contributed by atoms with E-state index in [1.807, 2.05) is 60.7 Å². The fraction of sp³-hybridized carbons (Fsp3) is 0.458. The topological polar surface area (TPSA) is 166 Å². The lowest BCUT2D eigenvalue weighted by Crippen LogP contribution is -3.17. The molecule has 0 heterocycles. The van der Waals surface area contributed by atoms with Gasteiger partial charge in [0.05, 0.1) is 35.7 Å². The molecule has 10 nitrogen and oxygen atoms in total. The Morgan fingerprint density at radius 3 is 1.28 bits per heavy atom. The van der Waals surface area contributed by atoms with Crippen molar-refractivity contribution in [1.82, 2.24) is 4.90 Å². The van der Waals surface area contributed by atoms with Crippen LogP contribution in [0, 0.1) is 0 Å². The highest BCUT2D eigenvalue weighted by atomic mass is 19.4. The van der Waals surface area contributed by atoms with Gasteiger partial charge < -0.3 is 40.3 Å². The van der Waals surface area contributed by atoms with E-state index in [2.05, 4.69) is 60.3 Å². The van der Waals surface area contributed by atoms with Gasteiger partial charge in [-0.25, -0.2) is 4.79 Å². The van der Waals surface area contributed by atoms with Gasteiger partial charge in [0.1, 0.15) is 17.6 Å². The number of halogens is 6. The summed E-state index contributed by atoms with van der Waals surface area (Å²) < 4.78 is 79.2. The van der Waals surface area contributed by atoms with Crippen LogP contribution in [0.2, 0.25) is 0 Å². The van der Waals surface area contributed by atoms with Crippen molar-refractivity contribution in [2.24, 2.45) is 0 Å². The molecule has 0 bridgehead atoms. The summed E-state index contributed by atoms with van der Waals surface area (Å²) in [5, 5.41) is 54.8. The van der Waals surface area contributed by atoms with Crippen molar-refractivity contribution in [1.29, 1.82) is 0 Å². The molecule has 4 rings (SSSR count). The number of quaternary nitrogens is 1. The van der Waals surface area contributed by atoms with E-state index in [-0.39, 0.29) is 23.3 Å². The van der Waals surface area contributed by atoms with Crippen molar-refractivity contribution in [2.45, 2.75) is 129 Å². The molecular weight excluding hydrogens is 847 g/mol. The van der Waals surface area contributed by atoms with Gasteiger partial charge in [-0.3, -0.25) is 4.90 Å². The lowest BCUT2D eigenvalue weighted by atomic mass is 9.86. The number of carbonyl (C=O) groups excluding carboxylic acids is 1. The van der Waals surface area contributed by atoms with Crippen LogP contribution in [0.1, 0.15) is 113 Å². The summed E-state index contributed by atoms with van der Waals surface area (Å²) in [6.07, 6.45) is -12.3. The quantitative estimate of drug-likeness (QED) is 0.0600. The second-order valence-electron chi connectivity index (χ2n) is 16.7. The van der Waals surface area contributed by atoms with Gasteiger partial charge in [-0.05, 0) is 116 Å². The zero-order chi connectivity index (χ0) is 48.7. The molecule has 0 saturated heterocycles. The predicted octanol–water partition coefficient (Wildman–Crippen LogP) is 7.23. The number of aliphatic hydroxyl groups excluding tert-OH is 2. The third-order valence-corrected chi connectivity index (χ3v) is 10.9. The average molecular weight is 909 g/mol. The summed E-state index contributed by atoms with van der Waals surface area (Å²) in [4.78, 5) is 23.1. The summed E-state index contributed by atoms with van der Waals surface area (Å²) in [7, 11) is 0. The van der Waals surface area contributed by atoms with Crippen molar-refractivity contribution in [3.63, 3.8) is 0 Å². The molecule has 0 amide bonds. The number of carboxylic acids is 2. The first-order chi connectivity index (χ1) is 29.7. The normalized spacial score (nSPS) is 13.9. The number of benzene rings is 4. The molecule has 0 aromatic heterocycles. The number of aliphatic carboxylic acids is 2. The molecule has 2 unspecified atom stereocenters. The highest BCUT2D eigenvalue weighted by Gasteiger charge is 2.34. The Labute approximate surface area is 371 Å². The maximum absolute atomic E-state index is 13.2. The van der Waals surface area contributed by atoms with Crippen molar-refractivity contribution >= 4 is 11.9 Å². The molecule has 0 saturated carbocycles.